The second-order valence-corrected chi connectivity index (χ2v) is 22.8. The Hall–Kier alpha value is -12.4. The molecule has 0 fully saturated rings. The quantitative estimate of drug-likeness (QED) is 0.156. The largest absolute Gasteiger partial charge is 0.455 e. The Kier molecular flexibility index (Phi) is 9.87. The number of aromatic nitrogens is 4. The van der Waals surface area contributed by atoms with Crippen LogP contribution in [0.1, 0.15) is 5.56 Å². The fraction of sp³-hybridized carbons (Fsp3) is 0. The maximum Gasteiger partial charge on any atom is 0.237 e. The van der Waals surface area contributed by atoms with Crippen molar-refractivity contribution >= 4 is 137 Å². The van der Waals surface area contributed by atoms with Gasteiger partial charge in [-0.05, 0) is 107 Å². The summed E-state index contributed by atoms with van der Waals surface area (Å²) < 4.78 is 23.1. The molecule has 0 aliphatic rings. The van der Waals surface area contributed by atoms with Gasteiger partial charge in [0.15, 0.2) is 0 Å². The first-order valence-corrected chi connectivity index (χ1v) is 29.5. The lowest BCUT2D eigenvalue weighted by molar-refractivity contribution is 0.672. The molecule has 0 aliphatic carbocycles. The first-order valence-electron chi connectivity index (χ1n) is 29.5. The molecule has 0 saturated heterocycles. The summed E-state index contributed by atoms with van der Waals surface area (Å²) in [6, 6.07) is 96.2. The molecule has 0 bridgehead atoms. The van der Waals surface area contributed by atoms with E-state index in [4.69, 9.17) is 13.7 Å². The third-order valence-corrected chi connectivity index (χ3v) is 18.4. The van der Waals surface area contributed by atoms with Crippen molar-refractivity contribution in [1.29, 1.82) is 5.26 Å². The van der Waals surface area contributed by atoms with Crippen LogP contribution in [0.3, 0.4) is 0 Å². The summed E-state index contributed by atoms with van der Waals surface area (Å²) in [7, 11) is 0. The van der Waals surface area contributed by atoms with Crippen molar-refractivity contribution in [3.8, 4) is 51.1 Å². The van der Waals surface area contributed by atoms with Crippen molar-refractivity contribution < 1.29 is 8.83 Å². The summed E-state index contributed by atoms with van der Waals surface area (Å²) in [5.41, 5.74) is 17.3. The van der Waals surface area contributed by atoms with Gasteiger partial charge in [0, 0.05) is 53.9 Å². The molecule has 0 unspecified atom stereocenters. The Morgan fingerprint density at radius 3 is 1.12 bits per heavy atom. The third kappa shape index (κ3) is 6.44. The van der Waals surface area contributed by atoms with Crippen molar-refractivity contribution in [2.75, 3.05) is 0 Å². The van der Waals surface area contributed by atoms with Gasteiger partial charge in [0.1, 0.15) is 28.4 Å². The molecular formula is C80H44N6O2. The van der Waals surface area contributed by atoms with Crippen LogP contribution in [0.4, 0.5) is 5.69 Å². The normalized spacial score (nSPS) is 12.1. The fourth-order valence-corrected chi connectivity index (χ4v) is 14.8. The van der Waals surface area contributed by atoms with E-state index in [1.54, 1.807) is 0 Å². The smallest absolute Gasteiger partial charge is 0.237 e. The maximum absolute atomic E-state index is 12.9. The highest BCUT2D eigenvalue weighted by Crippen LogP contribution is 2.54. The standard InChI is InChI=1S/C80H44N6O2/c1-82-74-75(83-62-30-14-8-24-51(62)59-44-49(36-40-66(59)83)47-20-4-2-5-21-47)61(46-81)76(85-64-32-16-10-28-57(64)72-68(85)42-38-55-53-26-12-18-34-70(53)87-79(55)72)78(84-63-31-15-9-25-52(63)60-45-50(37-41-67(60)84)48-22-6-3-7-23-48)77(74)86-65-33-17-11-29-58(65)73-69(86)43-39-56-54-27-13-19-35-71(54)88-80(56)73/h2-45H. The van der Waals surface area contributed by atoms with Crippen LogP contribution in [0.5, 0.6) is 0 Å². The molecule has 406 valence electrons. The predicted octanol–water partition coefficient (Wildman–Crippen LogP) is 21.6. The molecule has 0 aliphatic heterocycles. The Bertz CT molecular complexity index is 6100. The monoisotopic (exact) mass is 1120 g/mol. The topological polar surface area (TPSA) is 74.2 Å². The van der Waals surface area contributed by atoms with Crippen molar-refractivity contribution in [1.82, 2.24) is 18.3 Å². The number of benzene rings is 13. The first kappa shape index (κ1) is 48.1. The molecule has 0 spiro atoms. The van der Waals surface area contributed by atoms with Gasteiger partial charge in [0.25, 0.3) is 0 Å². The van der Waals surface area contributed by atoms with Crippen LogP contribution in [0, 0.1) is 17.9 Å². The third-order valence-electron chi connectivity index (χ3n) is 18.4. The number of fused-ring (bicyclic) bond motifs is 20. The predicted molar refractivity (Wildman–Crippen MR) is 360 cm³/mol. The molecule has 8 nitrogen and oxygen atoms in total. The Labute approximate surface area is 501 Å². The Morgan fingerprint density at radius 2 is 0.659 bits per heavy atom. The number of rotatable bonds is 6. The van der Waals surface area contributed by atoms with Crippen molar-refractivity contribution in [3.63, 3.8) is 0 Å². The van der Waals surface area contributed by atoms with E-state index in [9.17, 15) is 11.8 Å². The van der Waals surface area contributed by atoms with Crippen LogP contribution in [-0.2, 0) is 0 Å². The molecule has 0 saturated carbocycles. The number of nitriles is 1. The minimum Gasteiger partial charge on any atom is -0.455 e. The average molecular weight is 1120 g/mol. The highest BCUT2D eigenvalue weighted by molar-refractivity contribution is 6.27. The van der Waals surface area contributed by atoms with Gasteiger partial charge in [-0.25, -0.2) is 4.85 Å². The molecular weight excluding hydrogens is 1080 g/mol. The van der Waals surface area contributed by atoms with E-state index in [1.165, 1.54) is 0 Å². The van der Waals surface area contributed by atoms with Gasteiger partial charge in [0.2, 0.25) is 5.69 Å². The highest BCUT2D eigenvalue weighted by Gasteiger charge is 2.36. The van der Waals surface area contributed by atoms with Crippen LogP contribution in [0.2, 0.25) is 0 Å². The van der Waals surface area contributed by atoms with E-state index in [2.05, 4.69) is 255 Å². The summed E-state index contributed by atoms with van der Waals surface area (Å²) in [5.74, 6) is 0. The van der Waals surface area contributed by atoms with Gasteiger partial charge in [-0.2, -0.15) is 5.26 Å². The van der Waals surface area contributed by atoms with Crippen LogP contribution >= 0.6 is 0 Å². The van der Waals surface area contributed by atoms with Crippen molar-refractivity contribution in [2.24, 2.45) is 0 Å². The van der Waals surface area contributed by atoms with Gasteiger partial charge in [-0.1, -0.05) is 182 Å². The summed E-state index contributed by atoms with van der Waals surface area (Å²) in [5, 5.41) is 24.7. The summed E-state index contributed by atoms with van der Waals surface area (Å²) in [6.45, 7) is 10.0. The Balaban J connectivity index is 1.09. The molecule has 0 atom stereocenters. The minimum atomic E-state index is 0.296. The van der Waals surface area contributed by atoms with Gasteiger partial charge >= 0.3 is 0 Å². The molecule has 6 aromatic heterocycles. The lowest BCUT2D eigenvalue weighted by atomic mass is 10.0. The molecule has 6 heterocycles. The Morgan fingerprint density at radius 1 is 0.295 bits per heavy atom. The van der Waals surface area contributed by atoms with E-state index in [1.807, 2.05) is 36.4 Å². The number of hydrogen-bond acceptors (Lipinski definition) is 3. The summed E-state index contributed by atoms with van der Waals surface area (Å²) in [6.07, 6.45) is 0. The van der Waals surface area contributed by atoms with Gasteiger partial charge in [-0.3, -0.25) is 0 Å². The zero-order chi connectivity index (χ0) is 57.9. The number of para-hydroxylation sites is 6. The van der Waals surface area contributed by atoms with Crippen LogP contribution in [-0.4, -0.2) is 18.3 Å². The summed E-state index contributed by atoms with van der Waals surface area (Å²) in [4.78, 5) is 4.87. The van der Waals surface area contributed by atoms with Crippen molar-refractivity contribution in [3.05, 3.63) is 284 Å². The number of furan rings is 2. The zero-order valence-electron chi connectivity index (χ0n) is 46.9. The van der Waals surface area contributed by atoms with E-state index < -0.39 is 0 Å². The fourth-order valence-electron chi connectivity index (χ4n) is 14.8. The SMILES string of the molecule is [C-]#[N+]c1c(-n2c3ccccc3c3cc(-c4ccccc4)ccc32)c(C#N)c(-n2c3ccccc3c3c4oc5ccccc5c4ccc32)c(-n2c3ccccc3c3cc(-c4ccccc4)ccc32)c1-n1c2ccccc2c2c3oc4ccccc4c3ccc21. The van der Waals surface area contributed by atoms with Gasteiger partial charge in [0.05, 0.1) is 89.8 Å². The van der Waals surface area contributed by atoms with Crippen LogP contribution in [0.25, 0.3) is 181 Å². The molecule has 0 radical (unpaired) electrons. The van der Waals surface area contributed by atoms with E-state index >= 15 is 0 Å². The molecule has 88 heavy (non-hydrogen) atoms. The molecule has 0 N–H and O–H groups in total. The highest BCUT2D eigenvalue weighted by atomic mass is 16.3. The van der Waals surface area contributed by atoms with E-state index in [0.29, 0.717) is 34.0 Å². The maximum atomic E-state index is 12.9. The second-order valence-electron chi connectivity index (χ2n) is 22.8. The average Bonchev–Trinajstić information content (AvgIpc) is 1.49. The zero-order valence-corrected chi connectivity index (χ0v) is 46.9. The van der Waals surface area contributed by atoms with Crippen molar-refractivity contribution in [2.45, 2.75) is 0 Å². The molecule has 0 amide bonds. The van der Waals surface area contributed by atoms with E-state index in [0.717, 1.165) is 153 Å². The van der Waals surface area contributed by atoms with Gasteiger partial charge in [-0.15, -0.1) is 0 Å². The van der Waals surface area contributed by atoms with Crippen LogP contribution < -0.4 is 0 Å². The lowest BCUT2D eigenvalue weighted by Gasteiger charge is -2.27. The second kappa shape index (κ2) is 18.1. The number of hydrogen-bond donors (Lipinski definition) is 0. The molecule has 13 aromatic carbocycles. The van der Waals surface area contributed by atoms with E-state index in [-0.39, 0.29) is 0 Å². The first-order chi connectivity index (χ1) is 43.6. The molecule has 19 rings (SSSR count). The van der Waals surface area contributed by atoms with Crippen LogP contribution in [0.15, 0.2) is 276 Å². The molecule has 8 heteroatoms. The van der Waals surface area contributed by atoms with Gasteiger partial charge < -0.3 is 27.1 Å². The number of nitrogens with zero attached hydrogens (tertiary/aromatic N) is 6. The summed E-state index contributed by atoms with van der Waals surface area (Å²) >= 11 is 0. The lowest BCUT2D eigenvalue weighted by Crippen LogP contribution is -2.14. The molecule has 19 aromatic rings. The minimum absolute atomic E-state index is 0.296.